The van der Waals surface area contributed by atoms with E-state index < -0.39 is 38.1 Å². The van der Waals surface area contributed by atoms with Gasteiger partial charge < -0.3 is 16.0 Å². The van der Waals surface area contributed by atoms with Gasteiger partial charge in [0.2, 0.25) is 21.8 Å². The Bertz CT molecular complexity index is 863. The molecule has 0 aliphatic carbocycles. The van der Waals surface area contributed by atoms with Crippen LogP contribution in [0.1, 0.15) is 34.1 Å². The van der Waals surface area contributed by atoms with Crippen LogP contribution in [0.5, 0.6) is 0 Å². The number of carbonyl (C=O) groups excluding carboxylic acids is 2. The first kappa shape index (κ1) is 23.3. The summed E-state index contributed by atoms with van der Waals surface area (Å²) in [5, 5.41) is 24.1. The molecule has 1 unspecified atom stereocenters. The Hall–Kier alpha value is -2.73. The minimum absolute atomic E-state index is 0.0367. The second kappa shape index (κ2) is 8.97. The van der Waals surface area contributed by atoms with Crippen molar-refractivity contribution in [2.24, 2.45) is 5.14 Å². The summed E-state index contributed by atoms with van der Waals surface area (Å²) in [5.41, 5.74) is -0.867. The molecule has 12 heteroatoms. The predicted molar refractivity (Wildman–Crippen MR) is 103 cm³/mol. The highest BCUT2D eigenvalue weighted by atomic mass is 32.2. The molecule has 1 aromatic rings. The van der Waals surface area contributed by atoms with Gasteiger partial charge in [-0.1, -0.05) is 0 Å². The smallest absolute Gasteiger partial charge is 0.293 e. The molecule has 1 rings (SSSR count). The lowest BCUT2D eigenvalue weighted by molar-refractivity contribution is -0.384. The van der Waals surface area contributed by atoms with Gasteiger partial charge >= 0.3 is 0 Å². The van der Waals surface area contributed by atoms with Gasteiger partial charge in [0, 0.05) is 24.6 Å². The van der Waals surface area contributed by atoms with Crippen LogP contribution in [0.15, 0.2) is 23.1 Å². The maximum absolute atomic E-state index is 12.0. The van der Waals surface area contributed by atoms with Gasteiger partial charge in [0.15, 0.2) is 0 Å². The molecule has 2 amide bonds. The molecule has 1 aromatic carbocycles. The van der Waals surface area contributed by atoms with E-state index in [1.54, 1.807) is 6.92 Å². The minimum Gasteiger partial charge on any atom is -0.379 e. The maximum atomic E-state index is 12.0. The van der Waals surface area contributed by atoms with Crippen molar-refractivity contribution >= 4 is 33.2 Å². The average molecular weight is 415 g/mol. The third-order valence-electron chi connectivity index (χ3n) is 3.43. The fourth-order valence-corrected chi connectivity index (χ4v) is 2.69. The van der Waals surface area contributed by atoms with E-state index in [9.17, 15) is 28.1 Å². The van der Waals surface area contributed by atoms with Gasteiger partial charge in [-0.3, -0.25) is 19.7 Å². The minimum atomic E-state index is -4.08. The van der Waals surface area contributed by atoms with Crippen LogP contribution in [0, 0.1) is 10.1 Å². The van der Waals surface area contributed by atoms with E-state index in [0.717, 1.165) is 12.1 Å². The van der Waals surface area contributed by atoms with E-state index in [1.807, 2.05) is 20.8 Å². The van der Waals surface area contributed by atoms with Crippen LogP contribution in [0.4, 0.5) is 11.4 Å². The van der Waals surface area contributed by atoms with Gasteiger partial charge in [-0.2, -0.15) is 0 Å². The summed E-state index contributed by atoms with van der Waals surface area (Å²) >= 11 is 0. The molecule has 0 heterocycles. The van der Waals surface area contributed by atoms with E-state index in [0.29, 0.717) is 0 Å². The molecule has 0 aromatic heterocycles. The SMILES string of the molecule is CC(NC(=O)CCNc1ccc(S(N)(=O)=O)cc1[N+](=O)[O-])C(=O)NC(C)(C)C. The third-order valence-corrected chi connectivity index (χ3v) is 4.34. The Kier molecular flexibility index (Phi) is 7.47. The van der Waals surface area contributed by atoms with Crippen molar-refractivity contribution in [2.75, 3.05) is 11.9 Å². The first-order valence-electron chi connectivity index (χ1n) is 8.37. The highest BCUT2D eigenvalue weighted by Gasteiger charge is 2.21. The molecule has 0 aliphatic rings. The molecule has 0 saturated heterocycles. The van der Waals surface area contributed by atoms with Crippen molar-refractivity contribution in [3.8, 4) is 0 Å². The molecule has 0 bridgehead atoms. The number of nitro benzene ring substituents is 1. The average Bonchev–Trinajstić information content (AvgIpc) is 2.52. The van der Waals surface area contributed by atoms with E-state index in [-0.39, 0.29) is 29.5 Å². The number of nitrogens with one attached hydrogen (secondary N) is 3. The largest absolute Gasteiger partial charge is 0.379 e. The molecule has 5 N–H and O–H groups in total. The molecular weight excluding hydrogens is 390 g/mol. The summed E-state index contributed by atoms with van der Waals surface area (Å²) in [6.07, 6.45) is -0.0543. The van der Waals surface area contributed by atoms with E-state index in [4.69, 9.17) is 5.14 Å². The van der Waals surface area contributed by atoms with Gasteiger partial charge in [0.25, 0.3) is 5.69 Å². The zero-order valence-electron chi connectivity index (χ0n) is 16.1. The molecule has 28 heavy (non-hydrogen) atoms. The lowest BCUT2D eigenvalue weighted by atomic mass is 10.1. The number of nitrogens with zero attached hydrogens (tertiary/aromatic N) is 1. The van der Waals surface area contributed by atoms with Crippen molar-refractivity contribution < 1.29 is 22.9 Å². The molecule has 0 fully saturated rings. The standard InChI is InChI=1S/C16H25N5O6S/c1-10(15(23)20-16(2,3)4)19-14(22)7-8-18-12-6-5-11(28(17,26)27)9-13(12)21(24)25/h5-6,9-10,18H,7-8H2,1-4H3,(H,19,22)(H,20,23)(H2,17,26,27). The lowest BCUT2D eigenvalue weighted by Gasteiger charge is -2.23. The summed E-state index contributed by atoms with van der Waals surface area (Å²) in [4.78, 5) is 33.9. The molecule has 0 aliphatic heterocycles. The van der Waals surface area contributed by atoms with Gasteiger partial charge in [-0.05, 0) is 39.8 Å². The van der Waals surface area contributed by atoms with Crippen LogP contribution < -0.4 is 21.1 Å². The van der Waals surface area contributed by atoms with Crippen LogP contribution in [0.25, 0.3) is 0 Å². The highest BCUT2D eigenvalue weighted by molar-refractivity contribution is 7.89. The van der Waals surface area contributed by atoms with Crippen molar-refractivity contribution in [3.05, 3.63) is 28.3 Å². The number of hydrogen-bond donors (Lipinski definition) is 4. The van der Waals surface area contributed by atoms with Crippen LogP contribution >= 0.6 is 0 Å². The Morgan fingerprint density at radius 3 is 2.39 bits per heavy atom. The Labute approximate surface area is 163 Å². The topological polar surface area (TPSA) is 174 Å². The number of nitrogens with two attached hydrogens (primary N) is 1. The van der Waals surface area contributed by atoms with Crippen molar-refractivity contribution in [1.82, 2.24) is 10.6 Å². The maximum Gasteiger partial charge on any atom is 0.293 e. The van der Waals surface area contributed by atoms with Gasteiger partial charge in [-0.15, -0.1) is 0 Å². The number of amides is 2. The first-order valence-corrected chi connectivity index (χ1v) is 9.92. The molecule has 11 nitrogen and oxygen atoms in total. The number of benzene rings is 1. The van der Waals surface area contributed by atoms with E-state index in [2.05, 4.69) is 16.0 Å². The molecular formula is C16H25N5O6S. The number of hydrogen-bond acceptors (Lipinski definition) is 7. The third kappa shape index (κ3) is 7.48. The van der Waals surface area contributed by atoms with Gasteiger partial charge in [0.1, 0.15) is 11.7 Å². The van der Waals surface area contributed by atoms with Crippen LogP contribution in [0.3, 0.4) is 0 Å². The Morgan fingerprint density at radius 1 is 1.29 bits per heavy atom. The fourth-order valence-electron chi connectivity index (χ4n) is 2.16. The number of primary sulfonamides is 1. The predicted octanol–water partition coefficient (Wildman–Crippen LogP) is 0.464. The Balaban J connectivity index is 2.67. The summed E-state index contributed by atoms with van der Waals surface area (Å²) in [6.45, 7) is 7.03. The van der Waals surface area contributed by atoms with E-state index in [1.165, 1.54) is 6.07 Å². The second-order valence-corrected chi connectivity index (χ2v) is 8.75. The van der Waals surface area contributed by atoms with E-state index >= 15 is 0 Å². The molecule has 0 radical (unpaired) electrons. The molecule has 1 atom stereocenters. The number of sulfonamides is 1. The summed E-state index contributed by atoms with van der Waals surface area (Å²) in [7, 11) is -4.08. The number of anilines is 1. The molecule has 156 valence electrons. The zero-order valence-corrected chi connectivity index (χ0v) is 16.9. The normalized spacial score (nSPS) is 12.8. The van der Waals surface area contributed by atoms with Crippen molar-refractivity contribution in [2.45, 2.75) is 50.6 Å². The highest BCUT2D eigenvalue weighted by Crippen LogP contribution is 2.27. The zero-order chi connectivity index (χ0) is 21.7. The number of carbonyl (C=O) groups is 2. The van der Waals surface area contributed by atoms with Crippen LogP contribution in [-0.2, 0) is 19.6 Å². The quantitative estimate of drug-likeness (QED) is 0.352. The van der Waals surface area contributed by atoms with Crippen molar-refractivity contribution in [3.63, 3.8) is 0 Å². The molecule has 0 spiro atoms. The summed E-state index contributed by atoms with van der Waals surface area (Å²) in [5.74, 6) is -0.754. The lowest BCUT2D eigenvalue weighted by Crippen LogP contribution is -2.51. The van der Waals surface area contributed by atoms with Gasteiger partial charge in [-0.25, -0.2) is 13.6 Å². The molecule has 0 saturated carbocycles. The monoisotopic (exact) mass is 415 g/mol. The second-order valence-electron chi connectivity index (χ2n) is 7.19. The number of rotatable bonds is 8. The van der Waals surface area contributed by atoms with Crippen LogP contribution in [-0.4, -0.2) is 43.3 Å². The van der Waals surface area contributed by atoms with Crippen LogP contribution in [0.2, 0.25) is 0 Å². The first-order chi connectivity index (χ1) is 12.7. The summed E-state index contributed by atoms with van der Waals surface area (Å²) < 4.78 is 22.6. The fraction of sp³-hybridized carbons (Fsp3) is 0.500. The van der Waals surface area contributed by atoms with Crippen molar-refractivity contribution in [1.29, 1.82) is 0 Å². The summed E-state index contributed by atoms with van der Waals surface area (Å²) in [6, 6.07) is 2.44. The van der Waals surface area contributed by atoms with Gasteiger partial charge in [0.05, 0.1) is 9.82 Å². The Morgan fingerprint density at radius 2 is 1.89 bits per heavy atom. The number of nitro groups is 1.